The Morgan fingerprint density at radius 3 is 2.20 bits per heavy atom. The Balaban J connectivity index is 1.01. The highest BCUT2D eigenvalue weighted by Crippen LogP contribution is 2.51. The van der Waals surface area contributed by atoms with Gasteiger partial charge >= 0.3 is 5.97 Å². The zero-order valence-electron chi connectivity index (χ0n) is 25.2. The smallest absolute Gasteiger partial charge is 0.344 e. The number of thiol groups is 1. The molecule has 7 nitrogen and oxygen atoms in total. The number of benzene rings is 4. The summed E-state index contributed by atoms with van der Waals surface area (Å²) in [6, 6.07) is 32.2. The van der Waals surface area contributed by atoms with Crippen molar-refractivity contribution in [2.24, 2.45) is 17.8 Å². The van der Waals surface area contributed by atoms with Crippen LogP contribution in [0.25, 0.3) is 11.1 Å². The highest BCUT2D eigenvalue weighted by Gasteiger charge is 2.54. The van der Waals surface area contributed by atoms with Gasteiger partial charge in [0.15, 0.2) is 16.4 Å². The van der Waals surface area contributed by atoms with Crippen LogP contribution in [0.1, 0.15) is 32.3 Å². The molecule has 0 N–H and O–H groups in total. The normalized spacial score (nSPS) is 22.6. The van der Waals surface area contributed by atoms with Gasteiger partial charge in [-0.3, -0.25) is 4.18 Å². The third-order valence-electron chi connectivity index (χ3n) is 8.74. The third-order valence-corrected chi connectivity index (χ3v) is 10.3. The number of rotatable bonds is 12. The summed E-state index contributed by atoms with van der Waals surface area (Å²) in [6.45, 7) is 3.98. The second-order valence-corrected chi connectivity index (χ2v) is 13.4. The van der Waals surface area contributed by atoms with Gasteiger partial charge in [0, 0.05) is 17.3 Å². The van der Waals surface area contributed by atoms with Crippen molar-refractivity contribution in [3.8, 4) is 28.4 Å². The van der Waals surface area contributed by atoms with Crippen molar-refractivity contribution in [3.05, 3.63) is 103 Å². The van der Waals surface area contributed by atoms with Crippen molar-refractivity contribution in [2.45, 2.75) is 55.1 Å². The summed E-state index contributed by atoms with van der Waals surface area (Å²) >= 11 is -1.54. The van der Waals surface area contributed by atoms with Crippen molar-refractivity contribution in [3.63, 3.8) is 0 Å². The zero-order chi connectivity index (χ0) is 31.3. The first-order chi connectivity index (χ1) is 21.9. The van der Waals surface area contributed by atoms with E-state index in [0.29, 0.717) is 23.2 Å². The molecule has 2 saturated carbocycles. The summed E-state index contributed by atoms with van der Waals surface area (Å²) in [5.74, 6) is 1.80. The molecule has 9 heteroatoms. The number of esters is 1. The summed E-state index contributed by atoms with van der Waals surface area (Å²) in [4.78, 5) is 15.0. The van der Waals surface area contributed by atoms with E-state index in [0.717, 1.165) is 31.0 Å². The Morgan fingerprint density at radius 1 is 0.844 bits per heavy atom. The van der Waals surface area contributed by atoms with Gasteiger partial charge in [-0.05, 0) is 109 Å². The average molecular weight is 645 g/mol. The molecule has 4 aromatic carbocycles. The number of hydrogen-bond acceptors (Lipinski definition) is 7. The van der Waals surface area contributed by atoms with Gasteiger partial charge in [0.25, 0.3) is 0 Å². The number of carbonyl (C=O) groups is 1. The van der Waals surface area contributed by atoms with Crippen LogP contribution in [0.15, 0.2) is 107 Å². The van der Waals surface area contributed by atoms with Crippen molar-refractivity contribution >= 4 is 29.1 Å². The Kier molecular flexibility index (Phi) is 9.90. The molecular formula is C36H36O7S2. The molecule has 2 aliphatic carbocycles. The van der Waals surface area contributed by atoms with E-state index in [2.05, 4.69) is 74.5 Å². The standard InChI is InChI=1S/C36H36O7S2/c1-3-24-8-4-5-9-30(24)31-10-6-7-11-33(31)44-29-18-16-28(17-19-29)41-27-14-12-26(13-15-27)40-22-34(37)42-35-25-20-23(2)32(21-25)36(35)43-45(38)39/h4-19,23,25,32,35-36H,3,20-22H2,1-2H3,(H,38,39). The number of aryl methyl sites for hydroxylation is 1. The van der Waals surface area contributed by atoms with Crippen molar-refractivity contribution in [1.29, 1.82) is 0 Å². The van der Waals surface area contributed by atoms with Gasteiger partial charge in [0.05, 0.1) is 11.4 Å². The molecule has 0 saturated heterocycles. The summed E-state index contributed by atoms with van der Waals surface area (Å²) < 4.78 is 44.8. The molecule has 2 bridgehead atoms. The second kappa shape index (κ2) is 14.2. The molecule has 234 valence electrons. The van der Waals surface area contributed by atoms with Gasteiger partial charge in [-0.1, -0.05) is 50.2 Å². The van der Waals surface area contributed by atoms with E-state index in [9.17, 15) is 13.6 Å². The van der Waals surface area contributed by atoms with Crippen LogP contribution in [-0.2, 0) is 43.3 Å². The number of hydrogen-bond donors (Lipinski definition) is 0. The van der Waals surface area contributed by atoms with E-state index in [1.54, 1.807) is 24.3 Å². The predicted molar refractivity (Wildman–Crippen MR) is 174 cm³/mol. The lowest BCUT2D eigenvalue weighted by Crippen LogP contribution is -2.42. The fraction of sp³-hybridized carbons (Fsp3) is 0.306. The molecular weight excluding hydrogens is 609 g/mol. The molecule has 4 aromatic rings. The maximum absolute atomic E-state index is 12.6. The maximum Gasteiger partial charge on any atom is 0.344 e. The van der Waals surface area contributed by atoms with Gasteiger partial charge in [-0.25, -0.2) is 9.00 Å². The minimum atomic E-state index is -2.66. The summed E-state index contributed by atoms with van der Waals surface area (Å²) in [7, 11) is 0. The summed E-state index contributed by atoms with van der Waals surface area (Å²) in [5.41, 5.74) is 3.87. The van der Waals surface area contributed by atoms with Crippen molar-refractivity contribution < 1.29 is 31.9 Å². The predicted octanol–water partition coefficient (Wildman–Crippen LogP) is 7.09. The van der Waals surface area contributed by atoms with Crippen LogP contribution in [-0.4, -0.2) is 33.5 Å². The van der Waals surface area contributed by atoms with Crippen LogP contribution in [0.5, 0.6) is 17.2 Å². The van der Waals surface area contributed by atoms with Gasteiger partial charge in [0.2, 0.25) is 0 Å². The molecule has 6 atom stereocenters. The van der Waals surface area contributed by atoms with E-state index in [1.165, 1.54) is 26.5 Å². The molecule has 0 aromatic heterocycles. The second-order valence-electron chi connectivity index (χ2n) is 11.6. The first-order valence-corrected chi connectivity index (χ1v) is 17.1. The SMILES string of the molecule is CCc1ccccc1-c1ccccc1[SH+]c1ccc(Oc2ccc(OCC(=O)OC3C4CC(C)C(C4)C3OS(=O)[O-])cc2)cc1. The fourth-order valence-electron chi connectivity index (χ4n) is 6.63. The molecule has 0 aliphatic heterocycles. The highest BCUT2D eigenvalue weighted by atomic mass is 32.2. The Morgan fingerprint density at radius 2 is 1.49 bits per heavy atom. The average Bonchev–Trinajstić information content (AvgIpc) is 3.58. The first kappa shape index (κ1) is 31.4. The quantitative estimate of drug-likeness (QED) is 0.0704. The van der Waals surface area contributed by atoms with E-state index >= 15 is 0 Å². The van der Waals surface area contributed by atoms with Crippen LogP contribution in [0, 0.1) is 17.8 Å². The number of carbonyl (C=O) groups excluding carboxylic acids is 1. The molecule has 0 spiro atoms. The van der Waals surface area contributed by atoms with Crippen LogP contribution >= 0.6 is 0 Å². The molecule has 0 amide bonds. The lowest BCUT2D eigenvalue weighted by atomic mass is 9.86. The largest absolute Gasteiger partial charge is 0.750 e. The fourth-order valence-corrected chi connectivity index (χ4v) is 8.12. The monoisotopic (exact) mass is 644 g/mol. The highest BCUT2D eigenvalue weighted by molar-refractivity contribution is 7.78. The molecule has 2 aliphatic rings. The lowest BCUT2D eigenvalue weighted by Gasteiger charge is -2.33. The topological polar surface area (TPSA) is 94.1 Å². The van der Waals surface area contributed by atoms with Gasteiger partial charge in [-0.15, -0.1) is 0 Å². The Hall–Kier alpha value is -3.63. The maximum atomic E-state index is 12.6. The van der Waals surface area contributed by atoms with Crippen molar-refractivity contribution in [2.75, 3.05) is 6.61 Å². The van der Waals surface area contributed by atoms with Crippen LogP contribution in [0.2, 0.25) is 0 Å². The number of ether oxygens (including phenoxy) is 3. The van der Waals surface area contributed by atoms with Crippen molar-refractivity contribution in [1.82, 2.24) is 0 Å². The van der Waals surface area contributed by atoms with Crippen LogP contribution in [0.3, 0.4) is 0 Å². The van der Waals surface area contributed by atoms with E-state index in [-0.39, 0.29) is 18.4 Å². The van der Waals surface area contributed by atoms with Crippen LogP contribution in [0.4, 0.5) is 0 Å². The Labute approximate surface area is 270 Å². The molecule has 0 heterocycles. The molecule has 6 rings (SSSR count). The minimum absolute atomic E-state index is 0.0698. The van der Waals surface area contributed by atoms with E-state index in [4.69, 9.17) is 18.4 Å². The third kappa shape index (κ3) is 7.44. The molecule has 6 unspecified atom stereocenters. The van der Waals surface area contributed by atoms with E-state index in [1.807, 2.05) is 12.1 Å². The molecule has 2 fully saturated rings. The summed E-state index contributed by atoms with van der Waals surface area (Å²) in [6.07, 6.45) is 1.47. The lowest BCUT2D eigenvalue weighted by molar-refractivity contribution is -0.160. The Bertz CT molecular complexity index is 1640. The van der Waals surface area contributed by atoms with Gasteiger partial charge in [-0.2, -0.15) is 0 Å². The first-order valence-electron chi connectivity index (χ1n) is 15.2. The van der Waals surface area contributed by atoms with Gasteiger partial charge in [0.1, 0.15) is 29.5 Å². The minimum Gasteiger partial charge on any atom is -0.750 e. The molecule has 45 heavy (non-hydrogen) atoms. The van der Waals surface area contributed by atoms with E-state index < -0.39 is 29.5 Å². The summed E-state index contributed by atoms with van der Waals surface area (Å²) in [5, 5.41) is 0. The van der Waals surface area contributed by atoms with Crippen LogP contribution < -0.4 is 9.47 Å². The molecule has 0 radical (unpaired) electrons. The zero-order valence-corrected chi connectivity index (χ0v) is 26.9. The number of fused-ring (bicyclic) bond motifs is 2. The van der Waals surface area contributed by atoms with Gasteiger partial charge < -0.3 is 18.8 Å².